The first-order valence-corrected chi connectivity index (χ1v) is 12.1. The summed E-state index contributed by atoms with van der Waals surface area (Å²) in [5.74, 6) is -0.379. The third-order valence-corrected chi connectivity index (χ3v) is 6.77. The second-order valence-electron chi connectivity index (χ2n) is 7.96. The normalized spacial score (nSPS) is 16.1. The Labute approximate surface area is 199 Å². The summed E-state index contributed by atoms with van der Waals surface area (Å²) in [6, 6.07) is 6.73. The molecule has 33 heavy (non-hydrogen) atoms. The molecule has 3 heterocycles. The van der Waals surface area contributed by atoms with E-state index >= 15 is 0 Å². The van der Waals surface area contributed by atoms with E-state index in [1.807, 2.05) is 11.8 Å². The third kappa shape index (κ3) is 5.51. The van der Waals surface area contributed by atoms with Gasteiger partial charge < -0.3 is 15.5 Å². The van der Waals surface area contributed by atoms with Gasteiger partial charge in [0.25, 0.3) is 5.56 Å². The summed E-state index contributed by atoms with van der Waals surface area (Å²) in [6.45, 7) is 3.87. The Bertz CT molecular complexity index is 1210. The van der Waals surface area contributed by atoms with Gasteiger partial charge in [0.05, 0.1) is 5.92 Å². The van der Waals surface area contributed by atoms with Crippen LogP contribution in [0.25, 0.3) is 10.3 Å². The summed E-state index contributed by atoms with van der Waals surface area (Å²) < 4.78 is 1.66. The van der Waals surface area contributed by atoms with E-state index in [1.54, 1.807) is 24.3 Å². The van der Waals surface area contributed by atoms with E-state index in [9.17, 15) is 14.4 Å². The van der Waals surface area contributed by atoms with Crippen LogP contribution in [0, 0.1) is 5.92 Å². The highest BCUT2D eigenvalue weighted by molar-refractivity contribution is 7.22. The average molecular weight is 489 g/mol. The number of nitrogens with zero attached hydrogens (tertiary/aromatic N) is 4. The smallest absolute Gasteiger partial charge is 0.273 e. The SMILES string of the molecule is CCCNC(=O)[C@H]1CCCN(c2nc3ncn(CC(=O)Nc4ccc(Cl)cc4)c(=O)c3s2)C1. The first-order chi connectivity index (χ1) is 15.9. The first-order valence-electron chi connectivity index (χ1n) is 10.9. The molecule has 174 valence electrons. The number of hydrogen-bond acceptors (Lipinski definition) is 7. The second-order valence-corrected chi connectivity index (χ2v) is 9.37. The maximum absolute atomic E-state index is 13.0. The van der Waals surface area contributed by atoms with Crippen molar-refractivity contribution in [2.24, 2.45) is 5.92 Å². The molecule has 1 aliphatic rings. The number of carbonyl (C=O) groups excluding carboxylic acids is 2. The fraction of sp³-hybridized carbons (Fsp3) is 0.409. The molecular weight excluding hydrogens is 464 g/mol. The molecule has 0 radical (unpaired) electrons. The Balaban J connectivity index is 1.47. The Morgan fingerprint density at radius 1 is 1.27 bits per heavy atom. The number of nitrogens with one attached hydrogen (secondary N) is 2. The van der Waals surface area contributed by atoms with Crippen molar-refractivity contribution in [3.05, 3.63) is 46.0 Å². The predicted octanol–water partition coefficient (Wildman–Crippen LogP) is 2.89. The van der Waals surface area contributed by atoms with Crippen molar-refractivity contribution in [2.75, 3.05) is 29.9 Å². The van der Waals surface area contributed by atoms with Crippen LogP contribution >= 0.6 is 22.9 Å². The standard InChI is InChI=1S/C22H25ClN6O3S/c1-2-9-24-20(31)14-4-3-10-28(11-14)22-27-19-18(33-22)21(32)29(13-25-19)12-17(30)26-16-7-5-15(23)6-8-16/h5-8,13-14H,2-4,9-12H2,1H3,(H,24,31)(H,26,30)/t14-/m0/s1. The van der Waals surface area contributed by atoms with Crippen LogP contribution in [-0.2, 0) is 16.1 Å². The van der Waals surface area contributed by atoms with Gasteiger partial charge in [-0.3, -0.25) is 19.0 Å². The van der Waals surface area contributed by atoms with Crippen molar-refractivity contribution in [3.63, 3.8) is 0 Å². The van der Waals surface area contributed by atoms with E-state index in [2.05, 4.69) is 20.6 Å². The minimum Gasteiger partial charge on any atom is -0.356 e. The van der Waals surface area contributed by atoms with Crippen LogP contribution in [0.15, 0.2) is 35.4 Å². The summed E-state index contributed by atoms with van der Waals surface area (Å²) >= 11 is 7.11. The van der Waals surface area contributed by atoms with Gasteiger partial charge in [0.2, 0.25) is 11.8 Å². The number of carbonyl (C=O) groups is 2. The molecule has 0 spiro atoms. The molecule has 1 aliphatic heterocycles. The van der Waals surface area contributed by atoms with Crippen molar-refractivity contribution in [3.8, 4) is 0 Å². The molecule has 2 N–H and O–H groups in total. The summed E-state index contributed by atoms with van der Waals surface area (Å²) in [5, 5.41) is 6.94. The lowest BCUT2D eigenvalue weighted by Gasteiger charge is -2.31. The maximum atomic E-state index is 13.0. The molecule has 3 aromatic rings. The average Bonchev–Trinajstić information content (AvgIpc) is 3.26. The number of fused-ring (bicyclic) bond motifs is 1. The molecule has 2 aromatic heterocycles. The van der Waals surface area contributed by atoms with Gasteiger partial charge in [0.1, 0.15) is 17.6 Å². The molecule has 0 bridgehead atoms. The second kappa shape index (κ2) is 10.3. The molecule has 11 heteroatoms. The zero-order valence-corrected chi connectivity index (χ0v) is 19.8. The van der Waals surface area contributed by atoms with E-state index < -0.39 is 0 Å². The topological polar surface area (TPSA) is 109 Å². The molecule has 1 atom stereocenters. The fourth-order valence-corrected chi connectivity index (χ4v) is 4.86. The molecule has 2 amide bonds. The van der Waals surface area contributed by atoms with Crippen molar-refractivity contribution >= 4 is 55.9 Å². The molecule has 0 saturated carbocycles. The quantitative estimate of drug-likeness (QED) is 0.529. The summed E-state index contributed by atoms with van der Waals surface area (Å²) in [4.78, 5) is 48.6. The van der Waals surface area contributed by atoms with Crippen LogP contribution in [0.5, 0.6) is 0 Å². The van der Waals surface area contributed by atoms with Gasteiger partial charge in [-0.2, -0.15) is 4.98 Å². The van der Waals surface area contributed by atoms with Crippen molar-refractivity contribution < 1.29 is 9.59 Å². The van der Waals surface area contributed by atoms with Crippen molar-refractivity contribution in [2.45, 2.75) is 32.7 Å². The van der Waals surface area contributed by atoms with Gasteiger partial charge in [-0.05, 0) is 43.5 Å². The first kappa shape index (κ1) is 23.2. The van der Waals surface area contributed by atoms with Gasteiger partial charge in [-0.15, -0.1) is 0 Å². The lowest BCUT2D eigenvalue weighted by Crippen LogP contribution is -2.43. The van der Waals surface area contributed by atoms with Crippen molar-refractivity contribution in [1.82, 2.24) is 19.9 Å². The Kier molecular flexibility index (Phi) is 7.24. The van der Waals surface area contributed by atoms with E-state index in [0.29, 0.717) is 39.3 Å². The largest absolute Gasteiger partial charge is 0.356 e. The summed E-state index contributed by atoms with van der Waals surface area (Å²) in [5.41, 5.74) is 0.630. The zero-order valence-electron chi connectivity index (χ0n) is 18.2. The molecular formula is C22H25ClN6O3S. The van der Waals surface area contributed by atoms with Gasteiger partial charge in [0.15, 0.2) is 10.8 Å². The van der Waals surface area contributed by atoms with Crippen LogP contribution in [0.3, 0.4) is 0 Å². The number of amides is 2. The van der Waals surface area contributed by atoms with Crippen LogP contribution in [-0.4, -0.2) is 46.0 Å². The Hall–Kier alpha value is -2.98. The zero-order chi connectivity index (χ0) is 23.4. The van der Waals surface area contributed by atoms with Crippen LogP contribution in [0.2, 0.25) is 5.02 Å². The highest BCUT2D eigenvalue weighted by Gasteiger charge is 2.27. The fourth-order valence-electron chi connectivity index (χ4n) is 3.73. The number of halogens is 1. The van der Waals surface area contributed by atoms with E-state index in [0.717, 1.165) is 25.8 Å². The minimum atomic E-state index is -0.345. The van der Waals surface area contributed by atoms with Crippen LogP contribution < -0.4 is 21.1 Å². The Morgan fingerprint density at radius 3 is 2.82 bits per heavy atom. The van der Waals surface area contributed by atoms with Gasteiger partial charge in [0, 0.05) is 30.3 Å². The molecule has 4 rings (SSSR count). The molecule has 1 aromatic carbocycles. The maximum Gasteiger partial charge on any atom is 0.273 e. The van der Waals surface area contributed by atoms with E-state index in [1.165, 1.54) is 22.2 Å². The van der Waals surface area contributed by atoms with E-state index in [4.69, 9.17) is 11.6 Å². The molecule has 1 saturated heterocycles. The van der Waals surface area contributed by atoms with Gasteiger partial charge in [-0.25, -0.2) is 4.98 Å². The Morgan fingerprint density at radius 2 is 2.06 bits per heavy atom. The number of benzene rings is 1. The number of hydrogen-bond donors (Lipinski definition) is 2. The number of piperidine rings is 1. The molecule has 1 fully saturated rings. The number of rotatable bonds is 7. The number of aromatic nitrogens is 3. The molecule has 0 unspecified atom stereocenters. The third-order valence-electron chi connectivity index (χ3n) is 5.43. The minimum absolute atomic E-state index is 0.0647. The van der Waals surface area contributed by atoms with Crippen LogP contribution in [0.1, 0.15) is 26.2 Å². The van der Waals surface area contributed by atoms with Crippen LogP contribution in [0.4, 0.5) is 10.8 Å². The highest BCUT2D eigenvalue weighted by atomic mass is 35.5. The molecule has 9 nitrogen and oxygen atoms in total. The molecule has 0 aliphatic carbocycles. The van der Waals surface area contributed by atoms with Crippen molar-refractivity contribution in [1.29, 1.82) is 0 Å². The number of thiazole rings is 1. The van der Waals surface area contributed by atoms with E-state index in [-0.39, 0.29) is 29.8 Å². The lowest BCUT2D eigenvalue weighted by molar-refractivity contribution is -0.125. The predicted molar refractivity (Wildman–Crippen MR) is 130 cm³/mol. The number of anilines is 2. The highest BCUT2D eigenvalue weighted by Crippen LogP contribution is 2.29. The van der Waals surface area contributed by atoms with Gasteiger partial charge >= 0.3 is 0 Å². The van der Waals surface area contributed by atoms with Gasteiger partial charge in [-0.1, -0.05) is 29.9 Å². The monoisotopic (exact) mass is 488 g/mol. The lowest BCUT2D eigenvalue weighted by atomic mass is 9.97. The summed E-state index contributed by atoms with van der Waals surface area (Å²) in [6.07, 6.45) is 3.95. The summed E-state index contributed by atoms with van der Waals surface area (Å²) in [7, 11) is 0.